The molecule has 0 saturated carbocycles. The van der Waals surface area contributed by atoms with Gasteiger partial charge in [-0.1, -0.05) is 6.07 Å². The van der Waals surface area contributed by atoms with Crippen LogP contribution in [0.25, 0.3) is 0 Å². The number of aromatic hydroxyl groups is 1. The highest BCUT2D eigenvalue weighted by molar-refractivity contribution is 5.91. The molecular formula is C10H12ClF2NO4. The lowest BCUT2D eigenvalue weighted by Gasteiger charge is -2.22. The number of hydrogen-bond acceptors (Lipinski definition) is 4. The molecule has 0 heterocycles. The number of aromatic carboxylic acids is 1. The molecule has 5 nitrogen and oxygen atoms in total. The molecule has 0 bridgehead atoms. The minimum absolute atomic E-state index is 0. The smallest absolute Gasteiger partial charge is 0.339 e. The summed E-state index contributed by atoms with van der Waals surface area (Å²) in [6.45, 7) is -1.45. The fourth-order valence-corrected chi connectivity index (χ4v) is 1.26. The number of phenols is 1. The summed E-state index contributed by atoms with van der Waals surface area (Å²) in [5.41, 5.74) is 4.52. The van der Waals surface area contributed by atoms with Crippen molar-refractivity contribution in [1.29, 1.82) is 0 Å². The van der Waals surface area contributed by atoms with Crippen LogP contribution in [0.15, 0.2) is 18.2 Å². The van der Waals surface area contributed by atoms with Gasteiger partial charge in [0.05, 0.1) is 6.04 Å². The number of alkyl halides is 2. The summed E-state index contributed by atoms with van der Waals surface area (Å²) in [6, 6.07) is 1.06. The topological polar surface area (TPSA) is 104 Å². The minimum Gasteiger partial charge on any atom is -0.507 e. The van der Waals surface area contributed by atoms with E-state index >= 15 is 0 Å². The Kier molecular flexibility index (Phi) is 5.47. The second-order valence-corrected chi connectivity index (χ2v) is 3.48. The predicted molar refractivity (Wildman–Crippen MR) is 61.3 cm³/mol. The zero-order chi connectivity index (χ0) is 13.2. The molecule has 1 aromatic rings. The summed E-state index contributed by atoms with van der Waals surface area (Å²) >= 11 is 0. The fraction of sp³-hybridized carbons (Fsp3) is 0.300. The first-order valence-corrected chi connectivity index (χ1v) is 4.60. The van der Waals surface area contributed by atoms with Crippen molar-refractivity contribution in [3.8, 4) is 5.75 Å². The molecule has 0 spiro atoms. The molecule has 0 saturated heterocycles. The van der Waals surface area contributed by atoms with Crippen LogP contribution in [0.5, 0.6) is 5.75 Å². The Morgan fingerprint density at radius 3 is 2.44 bits per heavy atom. The lowest BCUT2D eigenvalue weighted by molar-refractivity contribution is -0.0712. The number of carbonyl (C=O) groups is 1. The Balaban J connectivity index is 0.00000289. The largest absolute Gasteiger partial charge is 0.507 e. The molecule has 0 aromatic heterocycles. The minimum atomic E-state index is -3.56. The molecule has 1 rings (SSSR count). The molecule has 0 radical (unpaired) electrons. The molecule has 18 heavy (non-hydrogen) atoms. The van der Waals surface area contributed by atoms with Gasteiger partial charge in [0.15, 0.2) is 0 Å². The van der Waals surface area contributed by atoms with E-state index < -0.39 is 35.9 Å². The van der Waals surface area contributed by atoms with Gasteiger partial charge < -0.3 is 21.1 Å². The van der Waals surface area contributed by atoms with Crippen LogP contribution >= 0.6 is 12.4 Å². The number of rotatable bonds is 4. The van der Waals surface area contributed by atoms with E-state index in [0.717, 1.165) is 18.2 Å². The second-order valence-electron chi connectivity index (χ2n) is 3.48. The van der Waals surface area contributed by atoms with Crippen molar-refractivity contribution >= 4 is 18.4 Å². The summed E-state index contributed by atoms with van der Waals surface area (Å²) in [5, 5.41) is 26.3. The van der Waals surface area contributed by atoms with Crippen LogP contribution in [0.2, 0.25) is 0 Å². The van der Waals surface area contributed by atoms with E-state index in [1.54, 1.807) is 0 Å². The van der Waals surface area contributed by atoms with Crippen molar-refractivity contribution in [2.45, 2.75) is 12.0 Å². The van der Waals surface area contributed by atoms with Crippen molar-refractivity contribution in [1.82, 2.24) is 0 Å². The monoisotopic (exact) mass is 283 g/mol. The van der Waals surface area contributed by atoms with Crippen molar-refractivity contribution in [3.05, 3.63) is 29.3 Å². The molecule has 0 aliphatic heterocycles. The Morgan fingerprint density at radius 1 is 1.44 bits per heavy atom. The maximum absolute atomic E-state index is 13.1. The number of aliphatic hydroxyl groups is 1. The average molecular weight is 284 g/mol. The second kappa shape index (κ2) is 5.94. The molecular weight excluding hydrogens is 272 g/mol. The van der Waals surface area contributed by atoms with Gasteiger partial charge in [-0.3, -0.25) is 0 Å². The number of carboxylic acids is 1. The SMILES string of the molecule is Cl.N[C@H](c1ccc(O)c(C(=O)O)c1)C(F)(F)CO. The van der Waals surface area contributed by atoms with Crippen LogP contribution < -0.4 is 5.73 Å². The Labute approximate surface area is 107 Å². The standard InChI is InChI=1S/C10H11F2NO4.ClH/c11-10(12,4-14)8(13)5-1-2-7(15)6(3-5)9(16)17;/h1-3,8,14-15H,4,13H2,(H,16,17);1H/t8-;/m1./s1. The van der Waals surface area contributed by atoms with Crippen molar-refractivity contribution in [2.75, 3.05) is 6.61 Å². The van der Waals surface area contributed by atoms with E-state index in [2.05, 4.69) is 0 Å². The van der Waals surface area contributed by atoms with Crippen LogP contribution in [0, 0.1) is 0 Å². The van der Waals surface area contributed by atoms with Crippen LogP contribution in [0.4, 0.5) is 8.78 Å². The number of benzene rings is 1. The molecule has 1 aromatic carbocycles. The summed E-state index contributed by atoms with van der Waals surface area (Å²) in [4.78, 5) is 10.7. The maximum atomic E-state index is 13.1. The van der Waals surface area contributed by atoms with E-state index in [1.807, 2.05) is 0 Å². The van der Waals surface area contributed by atoms with Crippen LogP contribution in [-0.2, 0) is 0 Å². The fourth-order valence-electron chi connectivity index (χ4n) is 1.26. The van der Waals surface area contributed by atoms with Gasteiger partial charge in [-0.15, -0.1) is 12.4 Å². The molecule has 8 heteroatoms. The van der Waals surface area contributed by atoms with E-state index in [-0.39, 0.29) is 18.0 Å². The van der Waals surface area contributed by atoms with Crippen LogP contribution in [-0.4, -0.2) is 33.8 Å². The lowest BCUT2D eigenvalue weighted by Crippen LogP contribution is -2.36. The normalized spacial score (nSPS) is 12.7. The van der Waals surface area contributed by atoms with Gasteiger partial charge >= 0.3 is 5.97 Å². The molecule has 0 aliphatic rings. The van der Waals surface area contributed by atoms with Gasteiger partial charge in [-0.05, 0) is 17.7 Å². The lowest BCUT2D eigenvalue weighted by atomic mass is 9.99. The zero-order valence-corrected chi connectivity index (χ0v) is 9.82. The van der Waals surface area contributed by atoms with Crippen molar-refractivity contribution in [3.63, 3.8) is 0 Å². The molecule has 102 valence electrons. The third kappa shape index (κ3) is 3.28. The van der Waals surface area contributed by atoms with E-state index in [1.165, 1.54) is 0 Å². The van der Waals surface area contributed by atoms with Gasteiger partial charge in [-0.25, -0.2) is 13.6 Å². The molecule has 0 fully saturated rings. The Bertz CT molecular complexity index is 442. The quantitative estimate of drug-likeness (QED) is 0.663. The maximum Gasteiger partial charge on any atom is 0.339 e. The zero-order valence-electron chi connectivity index (χ0n) is 9.01. The number of carboxylic acid groups (broad SMARTS) is 1. The molecule has 5 N–H and O–H groups in total. The number of nitrogens with two attached hydrogens (primary N) is 1. The van der Waals surface area contributed by atoms with E-state index in [4.69, 9.17) is 15.9 Å². The first kappa shape index (κ1) is 16.6. The molecule has 0 unspecified atom stereocenters. The van der Waals surface area contributed by atoms with Gasteiger partial charge in [0.1, 0.15) is 17.9 Å². The first-order chi connectivity index (χ1) is 7.79. The molecule has 0 aliphatic carbocycles. The first-order valence-electron chi connectivity index (χ1n) is 4.60. The van der Waals surface area contributed by atoms with Crippen molar-refractivity contribution < 1.29 is 28.9 Å². The number of halogens is 3. The molecule has 0 amide bonds. The molecule has 1 atom stereocenters. The summed E-state index contributed by atoms with van der Waals surface area (Å²) in [6.07, 6.45) is 0. The Hall–Kier alpha value is -1.44. The van der Waals surface area contributed by atoms with Gasteiger partial charge in [0.2, 0.25) is 0 Å². The van der Waals surface area contributed by atoms with Gasteiger partial charge in [0, 0.05) is 0 Å². The Morgan fingerprint density at radius 2 is 2.00 bits per heavy atom. The number of hydrogen-bond donors (Lipinski definition) is 4. The van der Waals surface area contributed by atoms with Crippen molar-refractivity contribution in [2.24, 2.45) is 5.73 Å². The third-order valence-corrected chi connectivity index (χ3v) is 2.28. The average Bonchev–Trinajstić information content (AvgIpc) is 2.28. The highest BCUT2D eigenvalue weighted by Gasteiger charge is 2.37. The highest BCUT2D eigenvalue weighted by atomic mass is 35.5. The summed E-state index contributed by atoms with van der Waals surface area (Å²) in [7, 11) is 0. The van der Waals surface area contributed by atoms with E-state index in [0.29, 0.717) is 0 Å². The summed E-state index contributed by atoms with van der Waals surface area (Å²) in [5.74, 6) is -5.56. The summed E-state index contributed by atoms with van der Waals surface area (Å²) < 4.78 is 26.2. The van der Waals surface area contributed by atoms with E-state index in [9.17, 15) is 18.7 Å². The highest BCUT2D eigenvalue weighted by Crippen LogP contribution is 2.31. The van der Waals surface area contributed by atoms with Gasteiger partial charge in [0.25, 0.3) is 5.92 Å². The predicted octanol–water partition coefficient (Wildman–Crippen LogP) is 1.14. The third-order valence-electron chi connectivity index (χ3n) is 2.28. The van der Waals surface area contributed by atoms with Crippen LogP contribution in [0.3, 0.4) is 0 Å². The van der Waals surface area contributed by atoms with Crippen LogP contribution in [0.1, 0.15) is 22.0 Å². The van der Waals surface area contributed by atoms with Gasteiger partial charge in [-0.2, -0.15) is 0 Å². The number of aliphatic hydroxyl groups excluding tert-OH is 1.